The molecule has 0 bridgehead atoms. The minimum atomic E-state index is -0.0547. The zero-order chi connectivity index (χ0) is 16.9. The van der Waals surface area contributed by atoms with Crippen molar-refractivity contribution in [3.8, 4) is 10.6 Å². The molecule has 0 saturated carbocycles. The van der Waals surface area contributed by atoms with Crippen LogP contribution in [0, 0.1) is 11.8 Å². The van der Waals surface area contributed by atoms with Crippen LogP contribution in [0.2, 0.25) is 0 Å². The lowest BCUT2D eigenvalue weighted by Gasteiger charge is -2.34. The molecule has 2 aromatic heterocycles. The largest absolute Gasteiger partial charge is 0.378 e. The highest BCUT2D eigenvalue weighted by molar-refractivity contribution is 7.16. The fraction of sp³-hybridized carbons (Fsp3) is 0.500. The maximum atomic E-state index is 12.4. The molecule has 0 unspecified atom stereocenters. The van der Waals surface area contributed by atoms with Gasteiger partial charge in [-0.25, -0.2) is 4.98 Å². The highest BCUT2D eigenvalue weighted by Gasteiger charge is 2.28. The first kappa shape index (κ1) is 17.0. The molecular formula is C18H23N3O2S. The van der Waals surface area contributed by atoms with E-state index in [0.29, 0.717) is 23.3 Å². The van der Waals surface area contributed by atoms with Crippen molar-refractivity contribution in [2.45, 2.75) is 32.8 Å². The lowest BCUT2D eigenvalue weighted by molar-refractivity contribution is -0.0510. The fourth-order valence-electron chi connectivity index (χ4n) is 3.14. The lowest BCUT2D eigenvalue weighted by atomic mass is 9.87. The first-order valence-electron chi connectivity index (χ1n) is 8.41. The van der Waals surface area contributed by atoms with E-state index in [-0.39, 0.29) is 12.0 Å². The summed E-state index contributed by atoms with van der Waals surface area (Å²) < 4.78 is 5.88. The molecule has 3 rings (SSSR count). The highest BCUT2D eigenvalue weighted by Crippen LogP contribution is 2.27. The minimum absolute atomic E-state index is 0.0547. The van der Waals surface area contributed by atoms with E-state index in [2.05, 4.69) is 29.1 Å². The number of rotatable bonds is 5. The second kappa shape index (κ2) is 7.85. The number of hydrogen-bond acceptors (Lipinski definition) is 5. The molecule has 1 saturated heterocycles. The van der Waals surface area contributed by atoms with Crippen molar-refractivity contribution < 1.29 is 9.53 Å². The summed E-state index contributed by atoms with van der Waals surface area (Å²) >= 11 is 1.41. The van der Waals surface area contributed by atoms with Crippen LogP contribution in [0.25, 0.3) is 10.6 Å². The van der Waals surface area contributed by atoms with Crippen LogP contribution in [0.15, 0.2) is 30.7 Å². The van der Waals surface area contributed by atoms with Crippen molar-refractivity contribution >= 4 is 17.2 Å². The van der Waals surface area contributed by atoms with Gasteiger partial charge in [0, 0.05) is 37.0 Å². The monoisotopic (exact) mass is 345 g/mol. The van der Waals surface area contributed by atoms with E-state index in [1.165, 1.54) is 11.3 Å². The number of thiazole rings is 1. The zero-order valence-electron chi connectivity index (χ0n) is 14.1. The van der Waals surface area contributed by atoms with Crippen LogP contribution in [0.4, 0.5) is 0 Å². The van der Waals surface area contributed by atoms with Crippen LogP contribution in [0.3, 0.4) is 0 Å². The van der Waals surface area contributed by atoms with Gasteiger partial charge in [-0.05, 0) is 30.9 Å². The van der Waals surface area contributed by atoms with E-state index >= 15 is 0 Å². The average Bonchev–Trinajstić information content (AvgIpc) is 3.11. The number of hydrogen-bond donors (Lipinski definition) is 1. The van der Waals surface area contributed by atoms with Gasteiger partial charge in [-0.3, -0.25) is 9.78 Å². The van der Waals surface area contributed by atoms with Crippen molar-refractivity contribution in [2.24, 2.45) is 11.8 Å². The molecule has 0 radical (unpaired) electrons. The Morgan fingerprint density at radius 1 is 1.42 bits per heavy atom. The molecule has 2 aromatic rings. The SMILES string of the molecule is CC(C)[C@@H]1OCCC[C@H]1CNC(=O)c1cnc(-c2ccncc2)s1. The molecule has 24 heavy (non-hydrogen) atoms. The molecule has 1 aliphatic rings. The number of amides is 1. The third kappa shape index (κ3) is 3.99. The van der Waals surface area contributed by atoms with Gasteiger partial charge in [0.15, 0.2) is 0 Å². The van der Waals surface area contributed by atoms with Crippen LogP contribution in [0.5, 0.6) is 0 Å². The third-order valence-corrected chi connectivity index (χ3v) is 5.38. The Hall–Kier alpha value is -1.79. The smallest absolute Gasteiger partial charge is 0.263 e. The van der Waals surface area contributed by atoms with Crippen molar-refractivity contribution in [3.05, 3.63) is 35.6 Å². The summed E-state index contributed by atoms with van der Waals surface area (Å²) in [6, 6.07) is 3.79. The summed E-state index contributed by atoms with van der Waals surface area (Å²) in [5.74, 6) is 0.796. The van der Waals surface area contributed by atoms with Gasteiger partial charge in [0.2, 0.25) is 0 Å². The summed E-state index contributed by atoms with van der Waals surface area (Å²) in [5, 5.41) is 3.89. The minimum Gasteiger partial charge on any atom is -0.378 e. The Labute approximate surface area is 146 Å². The zero-order valence-corrected chi connectivity index (χ0v) is 14.9. The van der Waals surface area contributed by atoms with Gasteiger partial charge < -0.3 is 10.1 Å². The van der Waals surface area contributed by atoms with Crippen molar-refractivity contribution in [1.82, 2.24) is 15.3 Å². The van der Waals surface area contributed by atoms with Crippen LogP contribution >= 0.6 is 11.3 Å². The van der Waals surface area contributed by atoms with Crippen molar-refractivity contribution in [2.75, 3.05) is 13.2 Å². The number of nitrogens with one attached hydrogen (secondary N) is 1. The van der Waals surface area contributed by atoms with Gasteiger partial charge >= 0.3 is 0 Å². The van der Waals surface area contributed by atoms with E-state index < -0.39 is 0 Å². The van der Waals surface area contributed by atoms with Crippen LogP contribution in [0.1, 0.15) is 36.4 Å². The predicted molar refractivity (Wildman–Crippen MR) is 95.0 cm³/mol. The molecule has 1 amide bonds. The van der Waals surface area contributed by atoms with Gasteiger partial charge in [-0.1, -0.05) is 13.8 Å². The van der Waals surface area contributed by atoms with Gasteiger partial charge in [0.05, 0.1) is 12.3 Å². The number of aromatic nitrogens is 2. The number of nitrogens with zero attached hydrogens (tertiary/aromatic N) is 2. The summed E-state index contributed by atoms with van der Waals surface area (Å²) in [6.45, 7) is 5.84. The summed E-state index contributed by atoms with van der Waals surface area (Å²) in [6.07, 6.45) is 7.50. The molecule has 5 nitrogen and oxygen atoms in total. The Kier molecular flexibility index (Phi) is 5.58. The van der Waals surface area contributed by atoms with E-state index in [1.807, 2.05) is 12.1 Å². The first-order valence-corrected chi connectivity index (χ1v) is 9.23. The molecule has 1 fully saturated rings. The predicted octanol–water partition coefficient (Wildman–Crippen LogP) is 3.39. The molecule has 0 aromatic carbocycles. The van der Waals surface area contributed by atoms with Gasteiger partial charge in [-0.15, -0.1) is 11.3 Å². The Morgan fingerprint density at radius 2 is 2.21 bits per heavy atom. The second-order valence-electron chi connectivity index (χ2n) is 6.46. The molecule has 0 spiro atoms. The number of carbonyl (C=O) groups excluding carboxylic acids is 1. The lowest BCUT2D eigenvalue weighted by Crippen LogP contribution is -2.41. The molecule has 6 heteroatoms. The molecule has 0 aliphatic carbocycles. The van der Waals surface area contributed by atoms with Gasteiger partial charge in [0.1, 0.15) is 9.88 Å². The molecule has 2 atom stereocenters. The Balaban J connectivity index is 1.60. The maximum Gasteiger partial charge on any atom is 0.263 e. The maximum absolute atomic E-state index is 12.4. The Morgan fingerprint density at radius 3 is 2.96 bits per heavy atom. The molecule has 1 N–H and O–H groups in total. The van der Waals surface area contributed by atoms with E-state index in [9.17, 15) is 4.79 Å². The van der Waals surface area contributed by atoms with E-state index in [4.69, 9.17) is 4.74 Å². The third-order valence-electron chi connectivity index (χ3n) is 4.33. The fourth-order valence-corrected chi connectivity index (χ4v) is 3.98. The van der Waals surface area contributed by atoms with Crippen LogP contribution in [-0.2, 0) is 4.74 Å². The summed E-state index contributed by atoms with van der Waals surface area (Å²) in [4.78, 5) is 21.4. The van der Waals surface area contributed by atoms with Gasteiger partial charge in [0.25, 0.3) is 5.91 Å². The molecule has 1 aliphatic heterocycles. The average molecular weight is 345 g/mol. The number of pyridine rings is 1. The van der Waals surface area contributed by atoms with Crippen molar-refractivity contribution in [3.63, 3.8) is 0 Å². The van der Waals surface area contributed by atoms with E-state index in [1.54, 1.807) is 18.6 Å². The van der Waals surface area contributed by atoms with Crippen LogP contribution in [-0.4, -0.2) is 35.1 Å². The number of carbonyl (C=O) groups is 1. The molecular weight excluding hydrogens is 322 g/mol. The summed E-state index contributed by atoms with van der Waals surface area (Å²) in [7, 11) is 0. The number of ether oxygens (including phenoxy) is 1. The normalized spacial score (nSPS) is 21.0. The highest BCUT2D eigenvalue weighted by atomic mass is 32.1. The van der Waals surface area contributed by atoms with Crippen LogP contribution < -0.4 is 5.32 Å². The summed E-state index contributed by atoms with van der Waals surface area (Å²) in [5.41, 5.74) is 0.981. The quantitative estimate of drug-likeness (QED) is 0.902. The van der Waals surface area contributed by atoms with E-state index in [0.717, 1.165) is 30.0 Å². The van der Waals surface area contributed by atoms with Crippen molar-refractivity contribution in [1.29, 1.82) is 0 Å². The Bertz CT molecular complexity index is 672. The molecule has 3 heterocycles. The second-order valence-corrected chi connectivity index (χ2v) is 7.49. The molecule has 128 valence electrons. The topological polar surface area (TPSA) is 64.1 Å². The standard InChI is InChI=1S/C18H23N3O2S/c1-12(2)16-14(4-3-9-23-16)10-20-17(22)15-11-21-18(24-15)13-5-7-19-8-6-13/h5-8,11-12,14,16H,3-4,9-10H2,1-2H3,(H,20,22)/t14-,16-/m0/s1. The van der Waals surface area contributed by atoms with Gasteiger partial charge in [-0.2, -0.15) is 0 Å². The first-order chi connectivity index (χ1) is 11.6.